The Morgan fingerprint density at radius 3 is 2.68 bits per heavy atom. The lowest BCUT2D eigenvalue weighted by Crippen LogP contribution is -2.29. The quantitative estimate of drug-likeness (QED) is 0.896. The van der Waals surface area contributed by atoms with E-state index in [1.165, 1.54) is 5.56 Å². The number of rotatable bonds is 4. The highest BCUT2D eigenvalue weighted by molar-refractivity contribution is 5.77. The van der Waals surface area contributed by atoms with Gasteiger partial charge in [-0.15, -0.1) is 0 Å². The van der Waals surface area contributed by atoms with Gasteiger partial charge in [-0.1, -0.05) is 18.2 Å². The molecule has 1 aliphatic rings. The van der Waals surface area contributed by atoms with Crippen molar-refractivity contribution in [2.75, 3.05) is 33.8 Å². The molecule has 1 aromatic carbocycles. The highest BCUT2D eigenvalue weighted by Crippen LogP contribution is 2.32. The Morgan fingerprint density at radius 1 is 1.32 bits per heavy atom. The van der Waals surface area contributed by atoms with Crippen LogP contribution in [0.3, 0.4) is 0 Å². The third-order valence-electron chi connectivity index (χ3n) is 3.55. The first kappa shape index (κ1) is 13.9. The fourth-order valence-electron chi connectivity index (χ4n) is 2.35. The smallest absolute Gasteiger partial charge is 0.259 e. The maximum Gasteiger partial charge on any atom is 0.259 e. The van der Waals surface area contributed by atoms with Crippen LogP contribution >= 0.6 is 0 Å². The van der Waals surface area contributed by atoms with Crippen LogP contribution in [0.4, 0.5) is 0 Å². The predicted octanol–water partition coefficient (Wildman–Crippen LogP) is 1.62. The summed E-state index contributed by atoms with van der Waals surface area (Å²) >= 11 is 0. The van der Waals surface area contributed by atoms with E-state index in [9.17, 15) is 4.79 Å². The van der Waals surface area contributed by atoms with Crippen LogP contribution in [0.15, 0.2) is 24.3 Å². The minimum Gasteiger partial charge on any atom is -0.483 e. The minimum atomic E-state index is -0.0138. The maximum absolute atomic E-state index is 11.6. The average molecular weight is 262 g/mol. The fourth-order valence-corrected chi connectivity index (χ4v) is 2.35. The summed E-state index contributed by atoms with van der Waals surface area (Å²) in [5.74, 6) is 1.37. The summed E-state index contributed by atoms with van der Waals surface area (Å²) < 4.78 is 5.70. The number of piperidine rings is 1. The van der Waals surface area contributed by atoms with Crippen molar-refractivity contribution in [2.45, 2.75) is 18.8 Å². The minimum absolute atomic E-state index is 0.0138. The fraction of sp³-hybridized carbons (Fsp3) is 0.533. The molecule has 0 unspecified atom stereocenters. The Hall–Kier alpha value is -1.55. The Balaban J connectivity index is 2.05. The Kier molecular flexibility index (Phi) is 4.80. The van der Waals surface area contributed by atoms with Crippen molar-refractivity contribution in [1.82, 2.24) is 10.2 Å². The molecule has 1 amide bonds. The number of likely N-dealkylation sites (N-methyl/N-ethyl adjacent to an activating group) is 1. The standard InChI is InChI=1S/C15H22N2O2/c1-17(2)15(18)11-19-14-6-4-3-5-13(14)12-7-9-16-10-8-12/h3-6,12,16H,7-11H2,1-2H3. The van der Waals surface area contributed by atoms with E-state index in [0.717, 1.165) is 31.7 Å². The van der Waals surface area contributed by atoms with Crippen LogP contribution in [0.2, 0.25) is 0 Å². The van der Waals surface area contributed by atoms with Crippen LogP contribution in [-0.4, -0.2) is 44.6 Å². The highest BCUT2D eigenvalue weighted by atomic mass is 16.5. The van der Waals surface area contributed by atoms with Gasteiger partial charge in [0.2, 0.25) is 0 Å². The van der Waals surface area contributed by atoms with Crippen molar-refractivity contribution in [3.8, 4) is 5.75 Å². The number of ether oxygens (including phenoxy) is 1. The lowest BCUT2D eigenvalue weighted by Gasteiger charge is -2.25. The topological polar surface area (TPSA) is 41.6 Å². The van der Waals surface area contributed by atoms with E-state index >= 15 is 0 Å². The van der Waals surface area contributed by atoms with Gasteiger partial charge >= 0.3 is 0 Å². The molecule has 104 valence electrons. The largest absolute Gasteiger partial charge is 0.483 e. The molecule has 1 N–H and O–H groups in total. The van der Waals surface area contributed by atoms with Crippen LogP contribution in [0, 0.1) is 0 Å². The Morgan fingerprint density at radius 2 is 2.00 bits per heavy atom. The van der Waals surface area contributed by atoms with Crippen molar-refractivity contribution in [1.29, 1.82) is 0 Å². The zero-order valence-corrected chi connectivity index (χ0v) is 11.7. The van der Waals surface area contributed by atoms with E-state index in [0.29, 0.717) is 5.92 Å². The van der Waals surface area contributed by atoms with Crippen molar-refractivity contribution in [3.63, 3.8) is 0 Å². The van der Waals surface area contributed by atoms with E-state index in [1.54, 1.807) is 19.0 Å². The van der Waals surface area contributed by atoms with Crippen LogP contribution in [-0.2, 0) is 4.79 Å². The number of benzene rings is 1. The van der Waals surface area contributed by atoms with Gasteiger partial charge in [-0.2, -0.15) is 0 Å². The van der Waals surface area contributed by atoms with Crippen molar-refractivity contribution >= 4 is 5.91 Å². The van der Waals surface area contributed by atoms with Crippen LogP contribution in [0.25, 0.3) is 0 Å². The molecule has 0 aliphatic carbocycles. The van der Waals surface area contributed by atoms with Crippen molar-refractivity contribution < 1.29 is 9.53 Å². The third-order valence-corrected chi connectivity index (χ3v) is 3.55. The molecule has 1 aliphatic heterocycles. The van der Waals surface area contributed by atoms with Gasteiger partial charge in [0.25, 0.3) is 5.91 Å². The maximum atomic E-state index is 11.6. The van der Waals surface area contributed by atoms with Gasteiger partial charge in [-0.25, -0.2) is 0 Å². The first-order chi connectivity index (χ1) is 9.18. The van der Waals surface area contributed by atoms with E-state index in [4.69, 9.17) is 4.74 Å². The van der Waals surface area contributed by atoms with Gasteiger partial charge in [-0.05, 0) is 43.5 Å². The van der Waals surface area contributed by atoms with Gasteiger partial charge < -0.3 is 15.0 Å². The van der Waals surface area contributed by atoms with Crippen LogP contribution < -0.4 is 10.1 Å². The second-order valence-electron chi connectivity index (χ2n) is 5.14. The zero-order chi connectivity index (χ0) is 13.7. The van der Waals surface area contributed by atoms with E-state index in [-0.39, 0.29) is 12.5 Å². The highest BCUT2D eigenvalue weighted by Gasteiger charge is 2.19. The molecular formula is C15H22N2O2. The molecule has 1 fully saturated rings. The molecule has 1 saturated heterocycles. The summed E-state index contributed by atoms with van der Waals surface area (Å²) in [7, 11) is 3.48. The zero-order valence-electron chi connectivity index (χ0n) is 11.7. The van der Waals surface area contributed by atoms with Gasteiger partial charge in [0.1, 0.15) is 5.75 Å². The molecule has 1 heterocycles. The Bertz CT molecular complexity index is 426. The third kappa shape index (κ3) is 3.70. The number of amides is 1. The van der Waals surface area contributed by atoms with E-state index < -0.39 is 0 Å². The lowest BCUT2D eigenvalue weighted by atomic mass is 9.89. The molecule has 0 spiro atoms. The number of hydrogen-bond donors (Lipinski definition) is 1. The average Bonchev–Trinajstić information content (AvgIpc) is 2.46. The molecule has 19 heavy (non-hydrogen) atoms. The number of nitrogens with zero attached hydrogens (tertiary/aromatic N) is 1. The molecule has 0 radical (unpaired) electrons. The summed E-state index contributed by atoms with van der Waals surface area (Å²) in [5, 5.41) is 3.37. The normalized spacial score (nSPS) is 16.1. The van der Waals surface area contributed by atoms with Crippen molar-refractivity contribution in [3.05, 3.63) is 29.8 Å². The molecule has 0 atom stereocenters. The van der Waals surface area contributed by atoms with Crippen LogP contribution in [0.1, 0.15) is 24.3 Å². The lowest BCUT2D eigenvalue weighted by molar-refractivity contribution is -0.130. The number of carbonyl (C=O) groups excluding carboxylic acids is 1. The van der Waals surface area contributed by atoms with E-state index in [2.05, 4.69) is 11.4 Å². The first-order valence-corrected chi connectivity index (χ1v) is 6.81. The van der Waals surface area contributed by atoms with Gasteiger partial charge in [-0.3, -0.25) is 4.79 Å². The number of para-hydroxylation sites is 1. The molecule has 2 rings (SSSR count). The number of carbonyl (C=O) groups is 1. The van der Waals surface area contributed by atoms with Gasteiger partial charge in [0.15, 0.2) is 6.61 Å². The molecule has 4 nitrogen and oxygen atoms in total. The van der Waals surface area contributed by atoms with Gasteiger partial charge in [0, 0.05) is 14.1 Å². The molecule has 1 aromatic rings. The van der Waals surface area contributed by atoms with Crippen LogP contribution in [0.5, 0.6) is 5.75 Å². The number of nitrogens with one attached hydrogen (secondary N) is 1. The molecular weight excluding hydrogens is 240 g/mol. The van der Waals surface area contributed by atoms with Crippen molar-refractivity contribution in [2.24, 2.45) is 0 Å². The summed E-state index contributed by atoms with van der Waals surface area (Å²) in [4.78, 5) is 13.1. The second-order valence-corrected chi connectivity index (χ2v) is 5.14. The van der Waals surface area contributed by atoms with Gasteiger partial charge in [0.05, 0.1) is 0 Å². The Labute approximate surface area is 114 Å². The first-order valence-electron chi connectivity index (χ1n) is 6.81. The summed E-state index contributed by atoms with van der Waals surface area (Å²) in [6.07, 6.45) is 2.25. The SMILES string of the molecule is CN(C)C(=O)COc1ccccc1C1CCNCC1. The number of hydrogen-bond acceptors (Lipinski definition) is 3. The summed E-state index contributed by atoms with van der Waals surface area (Å²) in [6.45, 7) is 2.21. The summed E-state index contributed by atoms with van der Waals surface area (Å²) in [6, 6.07) is 8.07. The molecule has 0 bridgehead atoms. The molecule has 0 aromatic heterocycles. The van der Waals surface area contributed by atoms with E-state index in [1.807, 2.05) is 18.2 Å². The molecule has 0 saturated carbocycles. The predicted molar refractivity (Wildman–Crippen MR) is 75.5 cm³/mol. The second kappa shape index (κ2) is 6.57. The molecule has 4 heteroatoms. The monoisotopic (exact) mass is 262 g/mol. The summed E-state index contributed by atoms with van der Waals surface area (Å²) in [5.41, 5.74) is 1.23.